The van der Waals surface area contributed by atoms with Crippen LogP contribution >= 0.6 is 0 Å². The molecule has 2 fully saturated rings. The summed E-state index contributed by atoms with van der Waals surface area (Å²) in [7, 11) is 1.86. The van der Waals surface area contributed by atoms with Crippen LogP contribution < -0.4 is 5.73 Å². The molecule has 0 aromatic rings. The van der Waals surface area contributed by atoms with Crippen molar-refractivity contribution in [1.29, 1.82) is 0 Å². The quantitative estimate of drug-likeness (QED) is 0.811. The standard InChI is InChI=1S/C14H29N3O/c1-18-14-5-2-4-13(12-14)17-8-3-7-16(9-6-15)10-11-17/h13-14H,2-12,15H2,1H3. The molecule has 1 heterocycles. The van der Waals surface area contributed by atoms with Crippen molar-refractivity contribution in [2.24, 2.45) is 5.73 Å². The van der Waals surface area contributed by atoms with Gasteiger partial charge >= 0.3 is 0 Å². The molecule has 2 rings (SSSR count). The van der Waals surface area contributed by atoms with Gasteiger partial charge in [-0.3, -0.25) is 4.90 Å². The third-order valence-corrected chi connectivity index (χ3v) is 4.52. The molecule has 0 spiro atoms. The highest BCUT2D eigenvalue weighted by molar-refractivity contribution is 4.83. The molecule has 0 amide bonds. The number of rotatable bonds is 4. The first kappa shape index (κ1) is 14.3. The fourth-order valence-corrected chi connectivity index (χ4v) is 3.43. The zero-order valence-corrected chi connectivity index (χ0v) is 11.8. The van der Waals surface area contributed by atoms with Crippen LogP contribution in [0.4, 0.5) is 0 Å². The van der Waals surface area contributed by atoms with Gasteiger partial charge in [0.1, 0.15) is 0 Å². The average Bonchev–Trinajstić information content (AvgIpc) is 2.65. The highest BCUT2D eigenvalue weighted by atomic mass is 16.5. The van der Waals surface area contributed by atoms with Gasteiger partial charge in [-0.1, -0.05) is 0 Å². The van der Waals surface area contributed by atoms with Gasteiger partial charge < -0.3 is 15.4 Å². The molecule has 18 heavy (non-hydrogen) atoms. The average molecular weight is 255 g/mol. The Labute approximate surface area is 111 Å². The molecule has 106 valence electrons. The van der Waals surface area contributed by atoms with E-state index in [2.05, 4.69) is 9.80 Å². The predicted octanol–water partition coefficient (Wildman–Crippen LogP) is 0.910. The van der Waals surface area contributed by atoms with E-state index in [1.807, 2.05) is 7.11 Å². The minimum absolute atomic E-state index is 0.493. The fourth-order valence-electron chi connectivity index (χ4n) is 3.43. The van der Waals surface area contributed by atoms with Crippen molar-refractivity contribution < 1.29 is 4.74 Å². The van der Waals surface area contributed by atoms with E-state index in [0.717, 1.165) is 19.1 Å². The molecule has 2 atom stereocenters. The second kappa shape index (κ2) is 7.43. The third kappa shape index (κ3) is 3.92. The summed E-state index contributed by atoms with van der Waals surface area (Å²) >= 11 is 0. The summed E-state index contributed by atoms with van der Waals surface area (Å²) in [5, 5.41) is 0. The van der Waals surface area contributed by atoms with Crippen LogP contribution in [0.2, 0.25) is 0 Å². The van der Waals surface area contributed by atoms with Crippen LogP contribution in [-0.4, -0.2) is 68.3 Å². The molecule has 2 unspecified atom stereocenters. The third-order valence-electron chi connectivity index (χ3n) is 4.52. The Kier molecular flexibility index (Phi) is 5.89. The molecule has 1 aliphatic heterocycles. The van der Waals surface area contributed by atoms with E-state index in [1.165, 1.54) is 58.3 Å². The Morgan fingerprint density at radius 3 is 2.78 bits per heavy atom. The van der Waals surface area contributed by atoms with Gasteiger partial charge in [0.15, 0.2) is 0 Å². The van der Waals surface area contributed by atoms with Crippen LogP contribution in [-0.2, 0) is 4.74 Å². The normalized spacial score (nSPS) is 32.3. The number of ether oxygens (including phenoxy) is 1. The molecule has 4 nitrogen and oxygen atoms in total. The summed E-state index contributed by atoms with van der Waals surface area (Å²) in [6.45, 7) is 6.71. The van der Waals surface area contributed by atoms with Crippen LogP contribution in [0.15, 0.2) is 0 Å². The summed E-state index contributed by atoms with van der Waals surface area (Å²) in [6.07, 6.45) is 6.94. The molecule has 0 aromatic heterocycles. The first-order valence-corrected chi connectivity index (χ1v) is 7.52. The van der Waals surface area contributed by atoms with Gasteiger partial charge in [-0.15, -0.1) is 0 Å². The molecular weight excluding hydrogens is 226 g/mol. The molecule has 0 aromatic carbocycles. The molecule has 1 saturated carbocycles. The monoisotopic (exact) mass is 255 g/mol. The van der Waals surface area contributed by atoms with Gasteiger partial charge in [0, 0.05) is 39.3 Å². The number of methoxy groups -OCH3 is 1. The van der Waals surface area contributed by atoms with Crippen LogP contribution in [0.25, 0.3) is 0 Å². The van der Waals surface area contributed by atoms with Crippen molar-refractivity contribution in [1.82, 2.24) is 9.80 Å². The molecular formula is C14H29N3O. The summed E-state index contributed by atoms with van der Waals surface area (Å²) in [5.41, 5.74) is 5.65. The lowest BCUT2D eigenvalue weighted by Crippen LogP contribution is -2.42. The number of hydrogen-bond acceptors (Lipinski definition) is 4. The van der Waals surface area contributed by atoms with E-state index < -0.39 is 0 Å². The second-order valence-corrected chi connectivity index (χ2v) is 5.70. The second-order valence-electron chi connectivity index (χ2n) is 5.70. The van der Waals surface area contributed by atoms with Crippen LogP contribution in [0.5, 0.6) is 0 Å². The number of nitrogens with zero attached hydrogens (tertiary/aromatic N) is 2. The minimum atomic E-state index is 0.493. The van der Waals surface area contributed by atoms with Crippen LogP contribution in [0.1, 0.15) is 32.1 Å². The lowest BCUT2D eigenvalue weighted by Gasteiger charge is -2.36. The summed E-state index contributed by atoms with van der Waals surface area (Å²) < 4.78 is 5.55. The van der Waals surface area contributed by atoms with Crippen molar-refractivity contribution in [2.45, 2.75) is 44.2 Å². The topological polar surface area (TPSA) is 41.7 Å². The highest BCUT2D eigenvalue weighted by Crippen LogP contribution is 2.25. The van der Waals surface area contributed by atoms with Gasteiger partial charge in [-0.05, 0) is 45.2 Å². The lowest BCUT2D eigenvalue weighted by atomic mass is 9.91. The summed E-state index contributed by atoms with van der Waals surface area (Å²) in [6, 6.07) is 0.751. The van der Waals surface area contributed by atoms with Gasteiger partial charge in [0.2, 0.25) is 0 Å². The molecule has 4 heteroatoms. The van der Waals surface area contributed by atoms with E-state index in [-0.39, 0.29) is 0 Å². The maximum atomic E-state index is 5.65. The van der Waals surface area contributed by atoms with Crippen molar-refractivity contribution in [2.75, 3.05) is 46.4 Å². The first-order valence-electron chi connectivity index (χ1n) is 7.52. The van der Waals surface area contributed by atoms with E-state index in [4.69, 9.17) is 10.5 Å². The smallest absolute Gasteiger partial charge is 0.0586 e. The van der Waals surface area contributed by atoms with Gasteiger partial charge in [0.25, 0.3) is 0 Å². The molecule has 0 bridgehead atoms. The SMILES string of the molecule is COC1CCCC(N2CCCN(CCN)CC2)C1. The van der Waals surface area contributed by atoms with E-state index in [9.17, 15) is 0 Å². The number of nitrogens with two attached hydrogens (primary N) is 1. The van der Waals surface area contributed by atoms with Gasteiger partial charge in [-0.25, -0.2) is 0 Å². The predicted molar refractivity (Wildman–Crippen MR) is 74.7 cm³/mol. The Balaban J connectivity index is 1.81. The Hall–Kier alpha value is -0.160. The molecule has 2 N–H and O–H groups in total. The minimum Gasteiger partial charge on any atom is -0.381 e. The molecule has 2 aliphatic rings. The van der Waals surface area contributed by atoms with Crippen molar-refractivity contribution in [3.05, 3.63) is 0 Å². The Bertz CT molecular complexity index is 237. The summed E-state index contributed by atoms with van der Waals surface area (Å²) in [4.78, 5) is 5.21. The maximum Gasteiger partial charge on any atom is 0.0586 e. The van der Waals surface area contributed by atoms with E-state index >= 15 is 0 Å². The lowest BCUT2D eigenvalue weighted by molar-refractivity contribution is 0.0289. The van der Waals surface area contributed by atoms with Crippen molar-refractivity contribution in [3.8, 4) is 0 Å². The first-order chi connectivity index (χ1) is 8.83. The fraction of sp³-hybridized carbons (Fsp3) is 1.00. The summed E-state index contributed by atoms with van der Waals surface area (Å²) in [5.74, 6) is 0. The van der Waals surface area contributed by atoms with Gasteiger partial charge in [0.05, 0.1) is 6.10 Å². The molecule has 1 saturated heterocycles. The highest BCUT2D eigenvalue weighted by Gasteiger charge is 2.27. The van der Waals surface area contributed by atoms with Gasteiger partial charge in [-0.2, -0.15) is 0 Å². The van der Waals surface area contributed by atoms with Crippen LogP contribution in [0.3, 0.4) is 0 Å². The largest absolute Gasteiger partial charge is 0.381 e. The molecule has 1 aliphatic carbocycles. The van der Waals surface area contributed by atoms with E-state index in [0.29, 0.717) is 6.10 Å². The van der Waals surface area contributed by atoms with Crippen LogP contribution in [0, 0.1) is 0 Å². The van der Waals surface area contributed by atoms with Crippen molar-refractivity contribution >= 4 is 0 Å². The number of hydrogen-bond donors (Lipinski definition) is 1. The zero-order valence-electron chi connectivity index (χ0n) is 11.8. The Morgan fingerprint density at radius 1 is 1.11 bits per heavy atom. The molecule has 0 radical (unpaired) electrons. The zero-order chi connectivity index (χ0) is 12.8. The van der Waals surface area contributed by atoms with E-state index in [1.54, 1.807) is 0 Å². The Morgan fingerprint density at radius 2 is 2.00 bits per heavy atom. The maximum absolute atomic E-state index is 5.65. The van der Waals surface area contributed by atoms with Crippen molar-refractivity contribution in [3.63, 3.8) is 0 Å².